The summed E-state index contributed by atoms with van der Waals surface area (Å²) in [6.45, 7) is 2.63. The summed E-state index contributed by atoms with van der Waals surface area (Å²) in [5.41, 5.74) is 2.77. The molecule has 0 unspecified atom stereocenters. The molecule has 0 saturated carbocycles. The maximum atomic E-state index is 12.5. The van der Waals surface area contributed by atoms with Gasteiger partial charge in [0.2, 0.25) is 10.0 Å². The van der Waals surface area contributed by atoms with E-state index in [9.17, 15) is 8.42 Å². The molecule has 1 heterocycles. The van der Waals surface area contributed by atoms with Gasteiger partial charge in [-0.15, -0.1) is 0 Å². The first kappa shape index (κ1) is 18.7. The van der Waals surface area contributed by atoms with Crippen molar-refractivity contribution in [1.29, 1.82) is 0 Å². The van der Waals surface area contributed by atoms with Crippen LogP contribution in [0.3, 0.4) is 0 Å². The van der Waals surface area contributed by atoms with Crippen molar-refractivity contribution >= 4 is 20.8 Å². The summed E-state index contributed by atoms with van der Waals surface area (Å²) in [6.07, 6.45) is 1.03. The van der Waals surface area contributed by atoms with Crippen molar-refractivity contribution < 1.29 is 8.42 Å². The highest BCUT2D eigenvalue weighted by atomic mass is 32.2. The first-order valence-electron chi connectivity index (χ1n) is 9.35. The van der Waals surface area contributed by atoms with Gasteiger partial charge in [0, 0.05) is 13.1 Å². The molecule has 0 aliphatic carbocycles. The molecular formula is C23H22N2O2S. The Morgan fingerprint density at radius 3 is 2.50 bits per heavy atom. The third-order valence-electron chi connectivity index (χ3n) is 5.02. The molecule has 0 fully saturated rings. The van der Waals surface area contributed by atoms with Crippen LogP contribution in [0.2, 0.25) is 0 Å². The minimum Gasteiger partial charge on any atom is -0.288 e. The Morgan fingerprint density at radius 1 is 0.893 bits per heavy atom. The van der Waals surface area contributed by atoms with Crippen LogP contribution in [0.4, 0.5) is 0 Å². The summed E-state index contributed by atoms with van der Waals surface area (Å²) in [4.78, 5) is 2.55. The molecule has 1 aliphatic rings. The monoisotopic (exact) mass is 390 g/mol. The smallest absolute Gasteiger partial charge is 0.241 e. The van der Waals surface area contributed by atoms with Crippen LogP contribution >= 0.6 is 0 Å². The summed E-state index contributed by atoms with van der Waals surface area (Å²) in [5.74, 6) is 6.03. The molecule has 28 heavy (non-hydrogen) atoms. The highest BCUT2D eigenvalue weighted by molar-refractivity contribution is 7.89. The molecule has 0 spiro atoms. The molecule has 3 aromatic carbocycles. The zero-order valence-electron chi connectivity index (χ0n) is 15.6. The van der Waals surface area contributed by atoms with Crippen molar-refractivity contribution in [2.24, 2.45) is 0 Å². The van der Waals surface area contributed by atoms with Gasteiger partial charge in [-0.2, -0.15) is 4.72 Å². The lowest BCUT2D eigenvalue weighted by Crippen LogP contribution is -2.31. The minimum atomic E-state index is -3.56. The average Bonchev–Trinajstić information content (AvgIpc) is 2.73. The van der Waals surface area contributed by atoms with E-state index in [4.69, 9.17) is 0 Å². The molecule has 1 aliphatic heterocycles. The van der Waals surface area contributed by atoms with Crippen LogP contribution in [0.25, 0.3) is 10.8 Å². The Hall–Kier alpha value is -2.65. The Kier molecular flexibility index (Phi) is 5.45. The van der Waals surface area contributed by atoms with Gasteiger partial charge in [-0.05, 0) is 40.5 Å². The summed E-state index contributed by atoms with van der Waals surface area (Å²) in [7, 11) is -3.56. The molecule has 0 amide bonds. The Balaban J connectivity index is 1.33. The number of sulfonamides is 1. The van der Waals surface area contributed by atoms with Crippen molar-refractivity contribution in [3.8, 4) is 11.8 Å². The predicted molar refractivity (Wildman–Crippen MR) is 112 cm³/mol. The number of benzene rings is 3. The molecule has 5 heteroatoms. The summed E-state index contributed by atoms with van der Waals surface area (Å²) < 4.78 is 27.6. The second kappa shape index (κ2) is 8.15. The van der Waals surface area contributed by atoms with Crippen LogP contribution < -0.4 is 4.72 Å². The summed E-state index contributed by atoms with van der Waals surface area (Å²) in [5, 5.41) is 1.92. The van der Waals surface area contributed by atoms with E-state index in [0.717, 1.165) is 30.3 Å². The predicted octanol–water partition coefficient (Wildman–Crippen LogP) is 3.18. The molecule has 4 rings (SSSR count). The normalized spacial score (nSPS) is 14.3. The van der Waals surface area contributed by atoms with Crippen LogP contribution in [-0.4, -0.2) is 33.0 Å². The quantitative estimate of drug-likeness (QED) is 0.696. The van der Waals surface area contributed by atoms with Crippen molar-refractivity contribution in [2.75, 3.05) is 19.6 Å². The molecule has 1 N–H and O–H groups in total. The first-order valence-corrected chi connectivity index (χ1v) is 10.8. The fraction of sp³-hybridized carbons (Fsp3) is 0.217. The molecule has 0 radical (unpaired) electrons. The molecular weight excluding hydrogens is 368 g/mol. The fourth-order valence-corrected chi connectivity index (χ4v) is 4.43. The van der Waals surface area contributed by atoms with Gasteiger partial charge in [0.15, 0.2) is 0 Å². The van der Waals surface area contributed by atoms with Crippen LogP contribution in [0.15, 0.2) is 71.6 Å². The second-order valence-electron chi connectivity index (χ2n) is 6.92. The van der Waals surface area contributed by atoms with E-state index in [1.165, 1.54) is 11.1 Å². The van der Waals surface area contributed by atoms with Crippen molar-refractivity contribution in [3.05, 3.63) is 77.9 Å². The lowest BCUT2D eigenvalue weighted by molar-refractivity contribution is 0.286. The Labute approximate surface area is 166 Å². The summed E-state index contributed by atoms with van der Waals surface area (Å²) in [6, 6.07) is 21.3. The second-order valence-corrected chi connectivity index (χ2v) is 8.68. The number of hydrogen-bond acceptors (Lipinski definition) is 3. The van der Waals surface area contributed by atoms with Gasteiger partial charge < -0.3 is 0 Å². The van der Waals surface area contributed by atoms with Crippen molar-refractivity contribution in [1.82, 2.24) is 9.62 Å². The van der Waals surface area contributed by atoms with E-state index in [-0.39, 0.29) is 11.4 Å². The van der Waals surface area contributed by atoms with Crippen LogP contribution in [0.1, 0.15) is 11.1 Å². The lowest BCUT2D eigenvalue weighted by atomic mass is 10.0. The molecule has 0 bridgehead atoms. The number of nitrogens with one attached hydrogen (secondary N) is 1. The minimum absolute atomic E-state index is 0.111. The lowest BCUT2D eigenvalue weighted by Gasteiger charge is -2.26. The van der Waals surface area contributed by atoms with Crippen molar-refractivity contribution in [2.45, 2.75) is 17.9 Å². The molecule has 3 aromatic rings. The zero-order valence-corrected chi connectivity index (χ0v) is 16.4. The van der Waals surface area contributed by atoms with Gasteiger partial charge in [0.25, 0.3) is 0 Å². The topological polar surface area (TPSA) is 49.4 Å². The number of fused-ring (bicyclic) bond motifs is 2. The average molecular weight is 391 g/mol. The van der Waals surface area contributed by atoms with Gasteiger partial charge in [0.05, 0.1) is 18.0 Å². The van der Waals surface area contributed by atoms with E-state index < -0.39 is 10.0 Å². The van der Waals surface area contributed by atoms with E-state index in [1.54, 1.807) is 12.1 Å². The van der Waals surface area contributed by atoms with E-state index >= 15 is 0 Å². The highest BCUT2D eigenvalue weighted by Crippen LogP contribution is 2.19. The maximum absolute atomic E-state index is 12.5. The van der Waals surface area contributed by atoms with Gasteiger partial charge in [0.1, 0.15) is 0 Å². The maximum Gasteiger partial charge on any atom is 0.241 e. The SMILES string of the molecule is O=S(=O)(NCC#CCN1CCc2ccccc2C1)c1ccc2ccccc2c1. The van der Waals surface area contributed by atoms with Crippen LogP contribution in [0, 0.1) is 11.8 Å². The third-order valence-corrected chi connectivity index (χ3v) is 6.42. The van der Waals surface area contributed by atoms with Crippen LogP contribution in [-0.2, 0) is 23.0 Å². The molecule has 142 valence electrons. The number of nitrogens with zero attached hydrogens (tertiary/aromatic N) is 1. The standard InChI is InChI=1S/C23H22N2O2S/c26-28(27,23-12-11-19-7-1-3-9-21(19)17-23)24-14-5-6-15-25-16-13-20-8-2-4-10-22(20)18-25/h1-4,7-12,17,24H,13-16,18H2. The third kappa shape index (κ3) is 4.26. The van der Waals surface area contributed by atoms with Gasteiger partial charge in [-0.25, -0.2) is 8.42 Å². The molecule has 0 atom stereocenters. The van der Waals surface area contributed by atoms with Gasteiger partial charge in [-0.1, -0.05) is 66.4 Å². The van der Waals surface area contributed by atoms with Gasteiger partial charge in [-0.3, -0.25) is 4.90 Å². The zero-order chi connectivity index (χ0) is 19.4. The highest BCUT2D eigenvalue weighted by Gasteiger charge is 2.15. The molecule has 4 nitrogen and oxygen atoms in total. The number of hydrogen-bond donors (Lipinski definition) is 1. The van der Waals surface area contributed by atoms with Crippen LogP contribution in [0.5, 0.6) is 0 Å². The van der Waals surface area contributed by atoms with Crippen molar-refractivity contribution in [3.63, 3.8) is 0 Å². The molecule has 0 saturated heterocycles. The first-order chi connectivity index (χ1) is 13.6. The summed E-state index contributed by atoms with van der Waals surface area (Å²) >= 11 is 0. The van der Waals surface area contributed by atoms with Gasteiger partial charge >= 0.3 is 0 Å². The number of rotatable bonds is 4. The Bertz CT molecular complexity index is 1160. The molecule has 0 aromatic heterocycles. The Morgan fingerprint density at radius 2 is 1.64 bits per heavy atom. The van der Waals surface area contributed by atoms with E-state index in [1.807, 2.05) is 30.3 Å². The van der Waals surface area contributed by atoms with E-state index in [0.29, 0.717) is 6.54 Å². The van der Waals surface area contributed by atoms with E-state index in [2.05, 4.69) is 45.7 Å². The largest absolute Gasteiger partial charge is 0.288 e. The fourth-order valence-electron chi connectivity index (χ4n) is 3.47.